The normalized spacial score (nSPS) is 11.1. The van der Waals surface area contributed by atoms with Crippen LogP contribution in [0.2, 0.25) is 10.0 Å². The maximum atomic E-state index is 6.50. The van der Waals surface area contributed by atoms with Crippen molar-refractivity contribution < 1.29 is 0 Å². The van der Waals surface area contributed by atoms with Gasteiger partial charge < -0.3 is 0 Å². The summed E-state index contributed by atoms with van der Waals surface area (Å²) in [5.41, 5.74) is 3.83. The lowest BCUT2D eigenvalue weighted by Crippen LogP contribution is -2.03. The lowest BCUT2D eigenvalue weighted by Gasteiger charge is -2.10. The number of aromatic nitrogens is 6. The van der Waals surface area contributed by atoms with Crippen LogP contribution in [0, 0.1) is 0 Å². The van der Waals surface area contributed by atoms with Crippen LogP contribution in [0.15, 0.2) is 90.1 Å². The molecule has 5 rings (SSSR count). The molecule has 3 aromatic carbocycles. The second kappa shape index (κ2) is 9.79. The van der Waals surface area contributed by atoms with Crippen LogP contribution in [-0.2, 0) is 12.3 Å². The summed E-state index contributed by atoms with van der Waals surface area (Å²) in [6.45, 7) is 0.539. The molecule has 0 unspecified atom stereocenters. The molecule has 0 radical (unpaired) electrons. The molecule has 0 aliphatic rings. The van der Waals surface area contributed by atoms with Gasteiger partial charge in [0, 0.05) is 10.8 Å². The van der Waals surface area contributed by atoms with E-state index in [1.165, 1.54) is 5.56 Å². The van der Waals surface area contributed by atoms with Crippen molar-refractivity contribution in [1.82, 2.24) is 30.0 Å². The van der Waals surface area contributed by atoms with Gasteiger partial charge in [0.1, 0.15) is 5.03 Å². The van der Waals surface area contributed by atoms with Gasteiger partial charge in [-0.2, -0.15) is 9.90 Å². The maximum absolute atomic E-state index is 6.50. The van der Waals surface area contributed by atoms with Gasteiger partial charge in [-0.1, -0.05) is 83.9 Å². The zero-order chi connectivity index (χ0) is 22.6. The minimum Gasteiger partial charge on any atom is -0.225 e. The fourth-order valence-corrected chi connectivity index (χ4v) is 4.90. The topological polar surface area (TPSA) is 61.4 Å². The van der Waals surface area contributed by atoms with E-state index in [9.17, 15) is 0 Å². The Morgan fingerprint density at radius 2 is 1.58 bits per heavy atom. The van der Waals surface area contributed by atoms with Gasteiger partial charge in [-0.05, 0) is 34.5 Å². The molecule has 0 aliphatic carbocycles. The Balaban J connectivity index is 1.51. The lowest BCUT2D eigenvalue weighted by atomic mass is 10.2. The fraction of sp³-hybridized carbons (Fsp3) is 0.0833. The molecule has 0 saturated heterocycles. The van der Waals surface area contributed by atoms with E-state index in [0.717, 1.165) is 27.6 Å². The number of hydrogen-bond acceptors (Lipinski definition) is 5. The molecule has 2 heterocycles. The second-order valence-electron chi connectivity index (χ2n) is 7.27. The van der Waals surface area contributed by atoms with Crippen molar-refractivity contribution in [2.24, 2.45) is 0 Å². The standard InChI is InChI=1S/C24H18Cl2N6S/c25-19-11-12-22(21(26)13-19)32-24(33-16-18-9-5-2-6-10-18)20(14-27-32)23-28-30-31(29-23)15-17-7-3-1-4-8-17/h1-14H,15-16H2. The summed E-state index contributed by atoms with van der Waals surface area (Å²) in [5, 5.41) is 19.7. The zero-order valence-corrected chi connectivity index (χ0v) is 19.7. The number of nitrogens with zero attached hydrogens (tertiary/aromatic N) is 6. The molecule has 9 heteroatoms. The third kappa shape index (κ3) is 4.95. The van der Waals surface area contributed by atoms with Crippen LogP contribution < -0.4 is 0 Å². The number of thioether (sulfide) groups is 1. The highest BCUT2D eigenvalue weighted by atomic mass is 35.5. The van der Waals surface area contributed by atoms with Gasteiger partial charge in [-0.3, -0.25) is 0 Å². The summed E-state index contributed by atoms with van der Waals surface area (Å²) in [7, 11) is 0. The van der Waals surface area contributed by atoms with Crippen LogP contribution in [0.5, 0.6) is 0 Å². The van der Waals surface area contributed by atoms with Crippen molar-refractivity contribution in [2.75, 3.05) is 0 Å². The Hall–Kier alpha value is -3.13. The van der Waals surface area contributed by atoms with Gasteiger partial charge in [-0.25, -0.2) is 4.68 Å². The molecule has 164 valence electrons. The Morgan fingerprint density at radius 3 is 2.30 bits per heavy atom. The summed E-state index contributed by atoms with van der Waals surface area (Å²) >= 11 is 14.2. The largest absolute Gasteiger partial charge is 0.225 e. The van der Waals surface area contributed by atoms with Crippen molar-refractivity contribution in [3.8, 4) is 17.1 Å². The number of hydrogen-bond donors (Lipinski definition) is 0. The van der Waals surface area contributed by atoms with E-state index in [1.54, 1.807) is 39.6 Å². The van der Waals surface area contributed by atoms with Crippen molar-refractivity contribution >= 4 is 35.0 Å². The predicted octanol–water partition coefficient (Wildman–Crippen LogP) is 6.17. The smallest absolute Gasteiger partial charge is 0.209 e. The monoisotopic (exact) mass is 492 g/mol. The van der Waals surface area contributed by atoms with E-state index in [0.29, 0.717) is 22.4 Å². The van der Waals surface area contributed by atoms with Crippen molar-refractivity contribution in [1.29, 1.82) is 0 Å². The number of rotatable bonds is 7. The average molecular weight is 493 g/mol. The van der Waals surface area contributed by atoms with Gasteiger partial charge in [0.05, 0.1) is 29.0 Å². The molecule has 0 atom stereocenters. The highest BCUT2D eigenvalue weighted by molar-refractivity contribution is 7.98. The first-order valence-corrected chi connectivity index (χ1v) is 11.9. The third-order valence-corrected chi connectivity index (χ3v) is 6.62. The summed E-state index contributed by atoms with van der Waals surface area (Å²) in [5.74, 6) is 1.26. The third-order valence-electron chi connectivity index (χ3n) is 4.94. The molecule has 0 fully saturated rings. The van der Waals surface area contributed by atoms with Gasteiger partial charge in [0.15, 0.2) is 0 Å². The van der Waals surface area contributed by atoms with Crippen LogP contribution >= 0.6 is 35.0 Å². The highest BCUT2D eigenvalue weighted by Crippen LogP contribution is 2.35. The molecule has 5 aromatic rings. The number of benzene rings is 3. The highest BCUT2D eigenvalue weighted by Gasteiger charge is 2.20. The van der Waals surface area contributed by atoms with E-state index >= 15 is 0 Å². The summed E-state index contributed by atoms with van der Waals surface area (Å²) < 4.78 is 1.81. The molecule has 0 amide bonds. The summed E-state index contributed by atoms with van der Waals surface area (Å²) in [4.78, 5) is 1.59. The Morgan fingerprint density at radius 1 is 0.848 bits per heavy atom. The summed E-state index contributed by atoms with van der Waals surface area (Å²) in [6, 6.07) is 25.6. The van der Waals surface area contributed by atoms with E-state index in [1.807, 2.05) is 54.6 Å². The van der Waals surface area contributed by atoms with Gasteiger partial charge >= 0.3 is 0 Å². The maximum Gasteiger partial charge on any atom is 0.209 e. The second-order valence-corrected chi connectivity index (χ2v) is 9.08. The Labute approximate surface area is 205 Å². The van der Waals surface area contributed by atoms with Gasteiger partial charge in [0.25, 0.3) is 0 Å². The molecular formula is C24H18Cl2N6S. The van der Waals surface area contributed by atoms with Crippen LogP contribution in [-0.4, -0.2) is 30.0 Å². The predicted molar refractivity (Wildman–Crippen MR) is 132 cm³/mol. The molecule has 6 nitrogen and oxygen atoms in total. The van der Waals surface area contributed by atoms with E-state index in [4.69, 9.17) is 23.2 Å². The molecular weight excluding hydrogens is 475 g/mol. The quantitative estimate of drug-likeness (QED) is 0.254. The SMILES string of the molecule is Clc1ccc(-n2ncc(-c3nnn(Cc4ccccc4)n3)c2SCc2ccccc2)c(Cl)c1. The van der Waals surface area contributed by atoms with E-state index < -0.39 is 0 Å². The van der Waals surface area contributed by atoms with Crippen LogP contribution in [0.25, 0.3) is 17.1 Å². The summed E-state index contributed by atoms with van der Waals surface area (Å²) in [6.07, 6.45) is 1.75. The number of tetrazole rings is 1. The first-order valence-electron chi connectivity index (χ1n) is 10.2. The van der Waals surface area contributed by atoms with E-state index in [-0.39, 0.29) is 0 Å². The van der Waals surface area contributed by atoms with Gasteiger partial charge in [0.2, 0.25) is 5.82 Å². The molecule has 0 aliphatic heterocycles. The first kappa shape index (κ1) is 21.7. The van der Waals surface area contributed by atoms with Crippen LogP contribution in [0.1, 0.15) is 11.1 Å². The van der Waals surface area contributed by atoms with Crippen molar-refractivity contribution in [2.45, 2.75) is 17.3 Å². The van der Waals surface area contributed by atoms with Crippen LogP contribution in [0.4, 0.5) is 0 Å². The Bertz CT molecular complexity index is 1370. The molecule has 0 spiro atoms. The number of halogens is 2. The van der Waals surface area contributed by atoms with Crippen molar-refractivity contribution in [3.05, 3.63) is 106 Å². The lowest BCUT2D eigenvalue weighted by molar-refractivity contribution is 0.573. The zero-order valence-electron chi connectivity index (χ0n) is 17.3. The van der Waals surface area contributed by atoms with Crippen molar-refractivity contribution in [3.63, 3.8) is 0 Å². The van der Waals surface area contributed by atoms with Crippen LogP contribution in [0.3, 0.4) is 0 Å². The first-order chi connectivity index (χ1) is 16.2. The molecule has 2 aromatic heterocycles. The molecule has 0 bridgehead atoms. The fourth-order valence-electron chi connectivity index (χ4n) is 3.34. The average Bonchev–Trinajstić information content (AvgIpc) is 3.46. The van der Waals surface area contributed by atoms with Gasteiger partial charge in [-0.15, -0.1) is 22.0 Å². The minimum absolute atomic E-state index is 0.512. The molecule has 0 saturated carbocycles. The molecule has 0 N–H and O–H groups in total. The minimum atomic E-state index is 0.512. The molecule has 33 heavy (non-hydrogen) atoms. The van der Waals surface area contributed by atoms with E-state index in [2.05, 4.69) is 32.6 Å². The Kier molecular flexibility index (Phi) is 6.44.